The molecule has 3 heterocycles. The van der Waals surface area contributed by atoms with Crippen LogP contribution in [-0.4, -0.2) is 40.0 Å². The summed E-state index contributed by atoms with van der Waals surface area (Å²) in [6.45, 7) is 2.20. The number of carbonyl (C=O) groups excluding carboxylic acids is 1. The fourth-order valence-corrected chi connectivity index (χ4v) is 4.32. The van der Waals surface area contributed by atoms with Crippen molar-refractivity contribution in [3.05, 3.63) is 52.0 Å². The molecule has 156 valence electrons. The van der Waals surface area contributed by atoms with Gasteiger partial charge in [-0.3, -0.25) is 9.36 Å². The Hall–Kier alpha value is -2.48. The van der Waals surface area contributed by atoms with Crippen LogP contribution in [0.3, 0.4) is 0 Å². The first-order chi connectivity index (χ1) is 14.1. The standard InChI is InChI=1S/C21H27FN4O3/c22-17-7-5-16(6-8-17)21(9-12-29-13-10-21)15-23-19(27)14-26-20(28)25-11-3-1-2-4-18(25)24-26/h5-8H,1-4,9-15H2,(H,23,27). The maximum atomic E-state index is 13.4. The van der Waals surface area contributed by atoms with E-state index in [0.717, 1.165) is 49.9 Å². The number of aromatic nitrogens is 3. The molecular formula is C21H27FN4O3. The average Bonchev–Trinajstić information content (AvgIpc) is 2.89. The van der Waals surface area contributed by atoms with Crippen molar-refractivity contribution in [1.82, 2.24) is 19.7 Å². The van der Waals surface area contributed by atoms with Gasteiger partial charge in [-0.1, -0.05) is 18.6 Å². The molecule has 2 aliphatic heterocycles. The highest BCUT2D eigenvalue weighted by molar-refractivity contribution is 5.75. The quantitative estimate of drug-likeness (QED) is 0.827. The molecule has 29 heavy (non-hydrogen) atoms. The molecule has 0 aliphatic carbocycles. The van der Waals surface area contributed by atoms with Gasteiger partial charge in [-0.05, 0) is 43.4 Å². The van der Waals surface area contributed by atoms with E-state index in [1.807, 2.05) is 0 Å². The van der Waals surface area contributed by atoms with Crippen LogP contribution in [0.4, 0.5) is 4.39 Å². The molecule has 0 radical (unpaired) electrons. The molecule has 0 unspecified atom stereocenters. The number of carbonyl (C=O) groups is 1. The second-order valence-corrected chi connectivity index (χ2v) is 8.00. The molecule has 7 nitrogen and oxygen atoms in total. The van der Waals surface area contributed by atoms with Crippen LogP contribution in [0.25, 0.3) is 0 Å². The van der Waals surface area contributed by atoms with E-state index >= 15 is 0 Å². The van der Waals surface area contributed by atoms with Crippen molar-refractivity contribution in [2.45, 2.75) is 57.0 Å². The monoisotopic (exact) mass is 402 g/mol. The fourth-order valence-electron chi connectivity index (χ4n) is 4.32. The van der Waals surface area contributed by atoms with Crippen LogP contribution >= 0.6 is 0 Å². The Labute approximate surface area is 168 Å². The predicted octanol–water partition coefficient (Wildman–Crippen LogP) is 1.77. The molecule has 1 aromatic heterocycles. The minimum absolute atomic E-state index is 0.0885. The third-order valence-electron chi connectivity index (χ3n) is 6.11. The maximum absolute atomic E-state index is 13.4. The number of aryl methyl sites for hydroxylation is 1. The van der Waals surface area contributed by atoms with Crippen molar-refractivity contribution in [3.8, 4) is 0 Å². The Morgan fingerprint density at radius 3 is 2.69 bits per heavy atom. The lowest BCUT2D eigenvalue weighted by molar-refractivity contribution is -0.122. The molecule has 1 saturated heterocycles. The number of fused-ring (bicyclic) bond motifs is 1. The minimum Gasteiger partial charge on any atom is -0.381 e. The lowest BCUT2D eigenvalue weighted by Gasteiger charge is -2.38. The van der Waals surface area contributed by atoms with Gasteiger partial charge in [0.2, 0.25) is 5.91 Å². The topological polar surface area (TPSA) is 78.2 Å². The molecule has 1 aromatic carbocycles. The van der Waals surface area contributed by atoms with Crippen LogP contribution in [-0.2, 0) is 34.5 Å². The number of benzene rings is 1. The molecule has 4 rings (SSSR count). The molecule has 0 spiro atoms. The van der Waals surface area contributed by atoms with Gasteiger partial charge in [0.15, 0.2) is 0 Å². The van der Waals surface area contributed by atoms with Crippen molar-refractivity contribution in [3.63, 3.8) is 0 Å². The van der Waals surface area contributed by atoms with E-state index in [4.69, 9.17) is 4.74 Å². The summed E-state index contributed by atoms with van der Waals surface area (Å²) in [4.78, 5) is 25.2. The summed E-state index contributed by atoms with van der Waals surface area (Å²) in [7, 11) is 0. The van der Waals surface area contributed by atoms with E-state index in [0.29, 0.717) is 26.3 Å². The van der Waals surface area contributed by atoms with Gasteiger partial charge in [0.1, 0.15) is 18.2 Å². The van der Waals surface area contributed by atoms with Gasteiger partial charge in [-0.2, -0.15) is 5.10 Å². The minimum atomic E-state index is -0.294. The zero-order valence-electron chi connectivity index (χ0n) is 16.5. The lowest BCUT2D eigenvalue weighted by Crippen LogP contribution is -2.46. The first kappa shape index (κ1) is 19.8. The van der Waals surface area contributed by atoms with Crippen LogP contribution in [0, 0.1) is 5.82 Å². The van der Waals surface area contributed by atoms with Crippen molar-refractivity contribution in [2.75, 3.05) is 19.8 Å². The summed E-state index contributed by atoms with van der Waals surface area (Å²) < 4.78 is 21.8. The zero-order valence-corrected chi connectivity index (χ0v) is 16.5. The largest absolute Gasteiger partial charge is 0.381 e. The summed E-state index contributed by atoms with van der Waals surface area (Å²) >= 11 is 0. The number of ether oxygens (including phenoxy) is 1. The number of nitrogens with one attached hydrogen (secondary N) is 1. The summed E-state index contributed by atoms with van der Waals surface area (Å²) in [5.74, 6) is 0.250. The average molecular weight is 402 g/mol. The fraction of sp³-hybridized carbons (Fsp3) is 0.571. The summed E-state index contributed by atoms with van der Waals surface area (Å²) in [6.07, 6.45) is 5.35. The summed E-state index contributed by atoms with van der Waals surface area (Å²) in [6, 6.07) is 6.46. The third-order valence-corrected chi connectivity index (χ3v) is 6.11. The SMILES string of the molecule is O=C(Cn1nc2n(c1=O)CCCCC2)NCC1(c2ccc(F)cc2)CCOCC1. The van der Waals surface area contributed by atoms with Gasteiger partial charge in [0.25, 0.3) is 0 Å². The predicted molar refractivity (Wildman–Crippen MR) is 105 cm³/mol. The molecule has 1 fully saturated rings. The third kappa shape index (κ3) is 4.27. The van der Waals surface area contributed by atoms with Gasteiger partial charge in [0, 0.05) is 38.1 Å². The molecule has 1 amide bonds. The van der Waals surface area contributed by atoms with Crippen LogP contribution < -0.4 is 11.0 Å². The molecule has 0 atom stereocenters. The summed E-state index contributed by atoms with van der Waals surface area (Å²) in [5, 5.41) is 7.35. The van der Waals surface area contributed by atoms with Crippen molar-refractivity contribution in [1.29, 1.82) is 0 Å². The number of halogens is 1. The van der Waals surface area contributed by atoms with E-state index in [1.54, 1.807) is 16.7 Å². The first-order valence-corrected chi connectivity index (χ1v) is 10.3. The van der Waals surface area contributed by atoms with E-state index in [9.17, 15) is 14.0 Å². The van der Waals surface area contributed by atoms with Crippen LogP contribution in [0.1, 0.15) is 43.5 Å². The van der Waals surface area contributed by atoms with Crippen LogP contribution in [0.15, 0.2) is 29.1 Å². The first-order valence-electron chi connectivity index (χ1n) is 10.3. The highest BCUT2D eigenvalue weighted by Gasteiger charge is 2.35. The molecule has 1 N–H and O–H groups in total. The highest BCUT2D eigenvalue weighted by atomic mass is 19.1. The molecule has 0 saturated carbocycles. The number of rotatable bonds is 5. The normalized spacial score (nSPS) is 18.7. The lowest BCUT2D eigenvalue weighted by atomic mass is 9.74. The number of amides is 1. The Morgan fingerprint density at radius 2 is 1.93 bits per heavy atom. The van der Waals surface area contributed by atoms with E-state index in [1.165, 1.54) is 16.8 Å². The molecular weight excluding hydrogens is 375 g/mol. The Morgan fingerprint density at radius 1 is 1.17 bits per heavy atom. The van der Waals surface area contributed by atoms with Crippen molar-refractivity contribution < 1.29 is 13.9 Å². The molecule has 0 bridgehead atoms. The second kappa shape index (κ2) is 8.49. The van der Waals surface area contributed by atoms with E-state index < -0.39 is 0 Å². The maximum Gasteiger partial charge on any atom is 0.346 e. The summed E-state index contributed by atoms with van der Waals surface area (Å²) in [5.41, 5.74) is 0.488. The van der Waals surface area contributed by atoms with Gasteiger partial charge >= 0.3 is 5.69 Å². The number of nitrogens with zero attached hydrogens (tertiary/aromatic N) is 3. The van der Waals surface area contributed by atoms with Crippen molar-refractivity contribution in [2.24, 2.45) is 0 Å². The van der Waals surface area contributed by atoms with E-state index in [2.05, 4.69) is 10.4 Å². The van der Waals surface area contributed by atoms with Crippen molar-refractivity contribution >= 4 is 5.91 Å². The Balaban J connectivity index is 1.45. The number of hydrogen-bond donors (Lipinski definition) is 1. The highest BCUT2D eigenvalue weighted by Crippen LogP contribution is 2.34. The van der Waals surface area contributed by atoms with Gasteiger partial charge in [-0.25, -0.2) is 13.9 Å². The smallest absolute Gasteiger partial charge is 0.346 e. The zero-order chi connectivity index (χ0) is 20.3. The Bertz CT molecular complexity index is 913. The van der Waals surface area contributed by atoms with Gasteiger partial charge in [-0.15, -0.1) is 0 Å². The van der Waals surface area contributed by atoms with Gasteiger partial charge < -0.3 is 10.1 Å². The second-order valence-electron chi connectivity index (χ2n) is 8.00. The van der Waals surface area contributed by atoms with Crippen LogP contribution in [0.2, 0.25) is 0 Å². The Kier molecular flexibility index (Phi) is 5.80. The number of hydrogen-bond acceptors (Lipinski definition) is 4. The molecule has 2 aromatic rings. The molecule has 8 heteroatoms. The van der Waals surface area contributed by atoms with Crippen LogP contribution in [0.5, 0.6) is 0 Å². The van der Waals surface area contributed by atoms with E-state index in [-0.39, 0.29) is 29.4 Å². The molecule has 2 aliphatic rings. The van der Waals surface area contributed by atoms with Gasteiger partial charge in [0.05, 0.1) is 0 Å².